The van der Waals surface area contributed by atoms with Crippen LogP contribution in [0.4, 0.5) is 0 Å². The van der Waals surface area contributed by atoms with Crippen LogP contribution in [0.15, 0.2) is 66.5 Å². The molecule has 0 bridgehead atoms. The molecule has 1 amide bonds. The minimum absolute atomic E-state index is 0.100. The van der Waals surface area contributed by atoms with Gasteiger partial charge in [-0.25, -0.2) is 0 Å². The molecule has 0 spiro atoms. The van der Waals surface area contributed by atoms with E-state index in [-0.39, 0.29) is 12.7 Å². The molecule has 2 heterocycles. The zero-order valence-electron chi connectivity index (χ0n) is 16.1. The van der Waals surface area contributed by atoms with E-state index in [4.69, 9.17) is 9.47 Å². The Bertz CT molecular complexity index is 863. The number of amides is 1. The second-order valence-corrected chi connectivity index (χ2v) is 6.36. The van der Waals surface area contributed by atoms with E-state index in [1.165, 1.54) is 0 Å². The maximum atomic E-state index is 13.0. The second kappa shape index (κ2) is 9.71. The van der Waals surface area contributed by atoms with Crippen molar-refractivity contribution in [1.82, 2.24) is 15.6 Å². The highest BCUT2D eigenvalue weighted by Gasteiger charge is 2.23. The number of rotatable bonds is 8. The van der Waals surface area contributed by atoms with Gasteiger partial charge in [-0.1, -0.05) is 24.3 Å². The Labute approximate surface area is 165 Å². The fourth-order valence-electron chi connectivity index (χ4n) is 2.94. The highest BCUT2D eigenvalue weighted by molar-refractivity contribution is 5.83. The lowest BCUT2D eigenvalue weighted by molar-refractivity contribution is -0.123. The SMILES string of the molecule is CC=CC(=CC)CNC(=O)C(NCc1ccncc1)c1ccc2c(c1)OCO2. The van der Waals surface area contributed by atoms with Gasteiger partial charge in [0.15, 0.2) is 11.5 Å². The van der Waals surface area contributed by atoms with E-state index in [0.717, 1.165) is 16.7 Å². The van der Waals surface area contributed by atoms with Gasteiger partial charge in [-0.2, -0.15) is 0 Å². The zero-order valence-corrected chi connectivity index (χ0v) is 16.1. The molecule has 0 saturated heterocycles. The number of hydrogen-bond acceptors (Lipinski definition) is 5. The van der Waals surface area contributed by atoms with Crippen LogP contribution in [0.25, 0.3) is 0 Å². The van der Waals surface area contributed by atoms with E-state index in [2.05, 4.69) is 15.6 Å². The van der Waals surface area contributed by atoms with Crippen LogP contribution in [0.5, 0.6) is 11.5 Å². The minimum Gasteiger partial charge on any atom is -0.454 e. The van der Waals surface area contributed by atoms with Gasteiger partial charge in [0, 0.05) is 25.5 Å². The molecule has 1 aromatic heterocycles. The number of ether oxygens (including phenoxy) is 2. The summed E-state index contributed by atoms with van der Waals surface area (Å²) in [7, 11) is 0. The quantitative estimate of drug-likeness (QED) is 0.689. The van der Waals surface area contributed by atoms with Gasteiger partial charge in [-0.05, 0) is 54.8 Å². The molecule has 0 saturated carbocycles. The summed E-state index contributed by atoms with van der Waals surface area (Å²) in [5, 5.41) is 6.36. The van der Waals surface area contributed by atoms with Crippen LogP contribution < -0.4 is 20.1 Å². The van der Waals surface area contributed by atoms with Crippen molar-refractivity contribution in [2.24, 2.45) is 0 Å². The zero-order chi connectivity index (χ0) is 19.8. The summed E-state index contributed by atoms with van der Waals surface area (Å²) in [6, 6.07) is 8.90. The number of pyridine rings is 1. The van der Waals surface area contributed by atoms with Crippen molar-refractivity contribution in [1.29, 1.82) is 0 Å². The molecule has 1 atom stereocenters. The van der Waals surface area contributed by atoms with Crippen molar-refractivity contribution >= 4 is 5.91 Å². The van der Waals surface area contributed by atoms with E-state index in [9.17, 15) is 4.79 Å². The van der Waals surface area contributed by atoms with Crippen LogP contribution in [0.1, 0.15) is 31.0 Å². The van der Waals surface area contributed by atoms with Gasteiger partial charge in [0.2, 0.25) is 12.7 Å². The predicted octanol–water partition coefficient (Wildman–Crippen LogP) is 3.28. The van der Waals surface area contributed by atoms with Crippen LogP contribution in [-0.4, -0.2) is 24.2 Å². The summed E-state index contributed by atoms with van der Waals surface area (Å²) < 4.78 is 10.8. The van der Waals surface area contributed by atoms with Gasteiger partial charge >= 0.3 is 0 Å². The van der Waals surface area contributed by atoms with Gasteiger partial charge in [-0.3, -0.25) is 15.1 Å². The summed E-state index contributed by atoms with van der Waals surface area (Å²) >= 11 is 0. The second-order valence-electron chi connectivity index (χ2n) is 6.36. The molecular weight excluding hydrogens is 354 g/mol. The van der Waals surface area contributed by atoms with E-state index < -0.39 is 6.04 Å². The van der Waals surface area contributed by atoms with Gasteiger partial charge in [-0.15, -0.1) is 0 Å². The van der Waals surface area contributed by atoms with E-state index >= 15 is 0 Å². The summed E-state index contributed by atoms with van der Waals surface area (Å²) in [5.41, 5.74) is 2.93. The maximum absolute atomic E-state index is 13.0. The monoisotopic (exact) mass is 379 g/mol. The molecule has 0 fully saturated rings. The molecule has 0 aliphatic carbocycles. The molecule has 1 unspecified atom stereocenters. The first kappa shape index (κ1) is 19.6. The van der Waals surface area contributed by atoms with E-state index in [1.54, 1.807) is 12.4 Å². The van der Waals surface area contributed by atoms with Crippen molar-refractivity contribution in [3.63, 3.8) is 0 Å². The Morgan fingerprint density at radius 2 is 1.96 bits per heavy atom. The highest BCUT2D eigenvalue weighted by atomic mass is 16.7. The smallest absolute Gasteiger partial charge is 0.242 e. The molecular formula is C22H25N3O3. The van der Waals surface area contributed by atoms with Crippen LogP contribution in [0.2, 0.25) is 0 Å². The lowest BCUT2D eigenvalue weighted by Crippen LogP contribution is -2.38. The summed E-state index contributed by atoms with van der Waals surface area (Å²) in [5.74, 6) is 1.25. The Hall–Kier alpha value is -3.12. The number of carbonyl (C=O) groups is 1. The molecule has 1 aliphatic heterocycles. The number of fused-ring (bicyclic) bond motifs is 1. The van der Waals surface area contributed by atoms with Crippen molar-refractivity contribution in [2.45, 2.75) is 26.4 Å². The van der Waals surface area contributed by atoms with Crippen molar-refractivity contribution < 1.29 is 14.3 Å². The Morgan fingerprint density at radius 1 is 1.18 bits per heavy atom. The Kier molecular flexibility index (Phi) is 6.81. The Balaban J connectivity index is 1.76. The number of aromatic nitrogens is 1. The Morgan fingerprint density at radius 3 is 2.71 bits per heavy atom. The lowest BCUT2D eigenvalue weighted by Gasteiger charge is -2.19. The van der Waals surface area contributed by atoms with Crippen LogP contribution in [0.3, 0.4) is 0 Å². The molecule has 2 N–H and O–H groups in total. The summed E-state index contributed by atoms with van der Waals surface area (Å²) in [4.78, 5) is 17.0. The fourth-order valence-corrected chi connectivity index (χ4v) is 2.94. The standard InChI is InChI=1S/C22H25N3O3/c1-3-5-16(4-2)13-25-22(26)21(24-14-17-8-10-23-11-9-17)18-6-7-19-20(12-18)28-15-27-19/h3-12,21,24H,13-15H2,1-2H3,(H,25,26). The largest absolute Gasteiger partial charge is 0.454 e. The number of benzene rings is 1. The van der Waals surface area contributed by atoms with E-state index in [0.29, 0.717) is 24.6 Å². The number of hydrogen-bond donors (Lipinski definition) is 2. The normalized spacial score (nSPS) is 14.3. The molecule has 2 aromatic rings. The predicted molar refractivity (Wildman–Crippen MR) is 108 cm³/mol. The number of carbonyl (C=O) groups excluding carboxylic acids is 1. The van der Waals surface area contributed by atoms with Gasteiger partial charge in [0.1, 0.15) is 6.04 Å². The maximum Gasteiger partial charge on any atom is 0.242 e. The molecule has 0 radical (unpaired) electrons. The molecule has 6 heteroatoms. The molecule has 1 aromatic carbocycles. The average molecular weight is 379 g/mol. The molecule has 6 nitrogen and oxygen atoms in total. The van der Waals surface area contributed by atoms with Crippen molar-refractivity contribution in [2.75, 3.05) is 13.3 Å². The first-order valence-corrected chi connectivity index (χ1v) is 9.28. The van der Waals surface area contributed by atoms with Gasteiger partial charge < -0.3 is 14.8 Å². The number of allylic oxidation sites excluding steroid dienone is 2. The van der Waals surface area contributed by atoms with Crippen molar-refractivity contribution in [3.05, 3.63) is 77.7 Å². The molecule has 28 heavy (non-hydrogen) atoms. The molecule has 1 aliphatic rings. The summed E-state index contributed by atoms with van der Waals surface area (Å²) in [6.45, 7) is 5.13. The average Bonchev–Trinajstić information content (AvgIpc) is 3.20. The third-order valence-corrected chi connectivity index (χ3v) is 4.47. The number of nitrogens with one attached hydrogen (secondary N) is 2. The van der Waals surface area contributed by atoms with Crippen molar-refractivity contribution in [3.8, 4) is 11.5 Å². The fraction of sp³-hybridized carbons (Fsp3) is 0.273. The van der Waals surface area contributed by atoms with Gasteiger partial charge in [0.25, 0.3) is 0 Å². The lowest BCUT2D eigenvalue weighted by atomic mass is 10.0. The van der Waals surface area contributed by atoms with Gasteiger partial charge in [0.05, 0.1) is 0 Å². The third-order valence-electron chi connectivity index (χ3n) is 4.47. The molecule has 3 rings (SSSR count). The first-order chi connectivity index (χ1) is 13.7. The number of nitrogens with zero attached hydrogens (tertiary/aromatic N) is 1. The first-order valence-electron chi connectivity index (χ1n) is 9.28. The molecule has 146 valence electrons. The summed E-state index contributed by atoms with van der Waals surface area (Å²) in [6.07, 6.45) is 9.41. The van der Waals surface area contributed by atoms with Crippen LogP contribution in [-0.2, 0) is 11.3 Å². The minimum atomic E-state index is -0.522. The van der Waals surface area contributed by atoms with Crippen LogP contribution in [0, 0.1) is 0 Å². The third kappa shape index (κ3) is 4.98. The van der Waals surface area contributed by atoms with Crippen LogP contribution >= 0.6 is 0 Å². The van der Waals surface area contributed by atoms with E-state index in [1.807, 2.05) is 62.4 Å². The topological polar surface area (TPSA) is 72.5 Å². The highest BCUT2D eigenvalue weighted by Crippen LogP contribution is 2.34.